The second-order valence-corrected chi connectivity index (χ2v) is 5.38. The Morgan fingerprint density at radius 2 is 2.33 bits per heavy atom. The summed E-state index contributed by atoms with van der Waals surface area (Å²) in [5, 5.41) is 6.29. The number of carbonyl (C=O) groups excluding carboxylic acids is 1. The minimum Gasteiger partial charge on any atom is -0.434 e. The molecule has 0 radical (unpaired) electrons. The zero-order chi connectivity index (χ0) is 15.2. The molecule has 2 rings (SSSR count). The number of piperidine rings is 1. The highest BCUT2D eigenvalue weighted by molar-refractivity contribution is 6.31. The van der Waals surface area contributed by atoms with Crippen LogP contribution in [0.5, 0.6) is 5.75 Å². The second kappa shape index (κ2) is 7.56. The third-order valence-electron chi connectivity index (χ3n) is 3.35. The van der Waals surface area contributed by atoms with E-state index in [0.717, 1.165) is 25.9 Å². The van der Waals surface area contributed by atoms with E-state index in [-0.39, 0.29) is 11.3 Å². The van der Waals surface area contributed by atoms with E-state index in [1.54, 1.807) is 0 Å². The SMILES string of the molecule is O=C(NCC1CCCNC1)c1cc(Cl)ccc1OC(F)F. The van der Waals surface area contributed by atoms with E-state index in [1.165, 1.54) is 18.2 Å². The smallest absolute Gasteiger partial charge is 0.387 e. The fraction of sp³-hybridized carbons (Fsp3) is 0.500. The summed E-state index contributed by atoms with van der Waals surface area (Å²) >= 11 is 5.81. The van der Waals surface area contributed by atoms with E-state index in [2.05, 4.69) is 15.4 Å². The quantitative estimate of drug-likeness (QED) is 0.877. The molecular weight excluding hydrogens is 302 g/mol. The van der Waals surface area contributed by atoms with E-state index in [9.17, 15) is 13.6 Å². The Morgan fingerprint density at radius 3 is 3.00 bits per heavy atom. The van der Waals surface area contributed by atoms with Gasteiger partial charge in [-0.1, -0.05) is 11.6 Å². The fourth-order valence-electron chi connectivity index (χ4n) is 2.31. The number of carbonyl (C=O) groups is 1. The van der Waals surface area contributed by atoms with Crippen LogP contribution in [-0.4, -0.2) is 32.2 Å². The van der Waals surface area contributed by atoms with Gasteiger partial charge in [0.05, 0.1) is 5.56 Å². The van der Waals surface area contributed by atoms with Crippen molar-refractivity contribution in [1.82, 2.24) is 10.6 Å². The zero-order valence-electron chi connectivity index (χ0n) is 11.4. The van der Waals surface area contributed by atoms with Gasteiger partial charge in [0.25, 0.3) is 5.91 Å². The van der Waals surface area contributed by atoms with Crippen molar-refractivity contribution in [3.8, 4) is 5.75 Å². The Morgan fingerprint density at radius 1 is 1.52 bits per heavy atom. The molecule has 0 bridgehead atoms. The molecule has 1 aliphatic rings. The summed E-state index contributed by atoms with van der Waals surface area (Å²) < 4.78 is 29.0. The van der Waals surface area contributed by atoms with Crippen molar-refractivity contribution in [3.05, 3.63) is 28.8 Å². The molecule has 7 heteroatoms. The van der Waals surface area contributed by atoms with E-state index in [0.29, 0.717) is 17.5 Å². The van der Waals surface area contributed by atoms with Gasteiger partial charge in [0.15, 0.2) is 0 Å². The summed E-state index contributed by atoms with van der Waals surface area (Å²) in [5.74, 6) is -0.284. The first kappa shape index (κ1) is 16.0. The minimum atomic E-state index is -2.99. The van der Waals surface area contributed by atoms with Gasteiger partial charge in [-0.05, 0) is 50.0 Å². The molecule has 1 heterocycles. The monoisotopic (exact) mass is 318 g/mol. The third-order valence-corrected chi connectivity index (χ3v) is 3.59. The van der Waals surface area contributed by atoms with Crippen molar-refractivity contribution >= 4 is 17.5 Å². The number of hydrogen-bond donors (Lipinski definition) is 2. The van der Waals surface area contributed by atoms with Gasteiger partial charge in [-0.15, -0.1) is 0 Å². The number of amides is 1. The predicted molar refractivity (Wildman–Crippen MR) is 76.0 cm³/mol. The van der Waals surface area contributed by atoms with Crippen LogP contribution in [0, 0.1) is 5.92 Å². The number of ether oxygens (including phenoxy) is 1. The second-order valence-electron chi connectivity index (χ2n) is 4.94. The molecule has 1 fully saturated rings. The van der Waals surface area contributed by atoms with E-state index < -0.39 is 12.5 Å². The lowest BCUT2D eigenvalue weighted by molar-refractivity contribution is -0.0501. The Labute approximate surface area is 126 Å². The van der Waals surface area contributed by atoms with Crippen LogP contribution in [-0.2, 0) is 0 Å². The van der Waals surface area contributed by atoms with E-state index in [1.807, 2.05) is 0 Å². The van der Waals surface area contributed by atoms with Gasteiger partial charge in [-0.2, -0.15) is 8.78 Å². The Kier molecular flexibility index (Phi) is 5.76. The number of hydrogen-bond acceptors (Lipinski definition) is 3. The van der Waals surface area contributed by atoms with Crippen LogP contribution >= 0.6 is 11.6 Å². The van der Waals surface area contributed by atoms with Crippen molar-refractivity contribution in [2.24, 2.45) is 5.92 Å². The molecule has 4 nitrogen and oxygen atoms in total. The number of benzene rings is 1. The lowest BCUT2D eigenvalue weighted by Crippen LogP contribution is -2.38. The first-order valence-electron chi connectivity index (χ1n) is 6.79. The van der Waals surface area contributed by atoms with Crippen molar-refractivity contribution in [2.45, 2.75) is 19.5 Å². The molecule has 1 saturated heterocycles. The van der Waals surface area contributed by atoms with Crippen LogP contribution in [0.2, 0.25) is 5.02 Å². The maximum Gasteiger partial charge on any atom is 0.387 e. The molecule has 0 aromatic heterocycles. The molecular formula is C14H17ClF2N2O2. The number of rotatable bonds is 5. The zero-order valence-corrected chi connectivity index (χ0v) is 12.1. The van der Waals surface area contributed by atoms with Crippen molar-refractivity contribution in [3.63, 3.8) is 0 Å². The largest absolute Gasteiger partial charge is 0.434 e. The molecule has 0 spiro atoms. The average molecular weight is 319 g/mol. The highest BCUT2D eigenvalue weighted by Crippen LogP contribution is 2.24. The standard InChI is InChI=1S/C14H17ClF2N2O2/c15-10-3-4-12(21-14(16)17)11(6-10)13(20)19-8-9-2-1-5-18-7-9/h3-4,6,9,14,18H,1-2,5,7-8H2,(H,19,20). The number of halogens is 3. The molecule has 2 N–H and O–H groups in total. The number of alkyl halides is 2. The normalized spacial score (nSPS) is 18.6. The van der Waals surface area contributed by atoms with Gasteiger partial charge in [-0.3, -0.25) is 4.79 Å². The van der Waals surface area contributed by atoms with Crippen molar-refractivity contribution in [2.75, 3.05) is 19.6 Å². The summed E-state index contributed by atoms with van der Waals surface area (Å²) in [6, 6.07) is 4.00. The molecule has 0 aliphatic carbocycles. The van der Waals surface area contributed by atoms with Crippen molar-refractivity contribution < 1.29 is 18.3 Å². The maximum atomic E-state index is 12.3. The highest BCUT2D eigenvalue weighted by atomic mass is 35.5. The first-order chi connectivity index (χ1) is 10.1. The Hall–Kier alpha value is -1.40. The molecule has 116 valence electrons. The predicted octanol–water partition coefficient (Wildman–Crippen LogP) is 2.67. The molecule has 0 saturated carbocycles. The van der Waals surface area contributed by atoms with Gasteiger partial charge in [0.2, 0.25) is 0 Å². The van der Waals surface area contributed by atoms with Gasteiger partial charge in [0, 0.05) is 11.6 Å². The molecule has 1 atom stereocenters. The first-order valence-corrected chi connectivity index (χ1v) is 7.17. The molecule has 1 aliphatic heterocycles. The van der Waals surface area contributed by atoms with Crippen molar-refractivity contribution in [1.29, 1.82) is 0 Å². The molecule has 21 heavy (non-hydrogen) atoms. The van der Waals surface area contributed by atoms with Gasteiger partial charge in [0.1, 0.15) is 5.75 Å². The van der Waals surface area contributed by atoms with Crippen LogP contribution in [0.15, 0.2) is 18.2 Å². The van der Waals surface area contributed by atoms with E-state index in [4.69, 9.17) is 11.6 Å². The van der Waals surface area contributed by atoms with Gasteiger partial charge in [-0.25, -0.2) is 0 Å². The van der Waals surface area contributed by atoms with Crippen LogP contribution in [0.3, 0.4) is 0 Å². The maximum absolute atomic E-state index is 12.3. The average Bonchev–Trinajstić information content (AvgIpc) is 2.47. The summed E-state index contributed by atoms with van der Waals surface area (Å²) in [4.78, 5) is 12.1. The highest BCUT2D eigenvalue weighted by Gasteiger charge is 2.18. The molecule has 1 aromatic rings. The van der Waals surface area contributed by atoms with Gasteiger partial charge < -0.3 is 15.4 Å². The lowest BCUT2D eigenvalue weighted by atomic mass is 9.99. The van der Waals surface area contributed by atoms with Crippen LogP contribution in [0.25, 0.3) is 0 Å². The van der Waals surface area contributed by atoms with Gasteiger partial charge >= 0.3 is 6.61 Å². The summed E-state index contributed by atoms with van der Waals surface area (Å²) in [7, 11) is 0. The number of nitrogens with one attached hydrogen (secondary N) is 2. The Balaban J connectivity index is 2.01. The summed E-state index contributed by atoms with van der Waals surface area (Å²) in [6.07, 6.45) is 2.10. The molecule has 1 aromatic carbocycles. The topological polar surface area (TPSA) is 50.4 Å². The lowest BCUT2D eigenvalue weighted by Gasteiger charge is -2.23. The van der Waals surface area contributed by atoms with Crippen LogP contribution in [0.4, 0.5) is 8.78 Å². The van der Waals surface area contributed by atoms with Crippen LogP contribution in [0.1, 0.15) is 23.2 Å². The van der Waals surface area contributed by atoms with Crippen LogP contribution < -0.4 is 15.4 Å². The Bertz CT molecular complexity index is 494. The summed E-state index contributed by atoms with van der Waals surface area (Å²) in [5.41, 5.74) is 0.0200. The third kappa shape index (κ3) is 4.82. The fourth-order valence-corrected chi connectivity index (χ4v) is 2.48. The molecule has 1 unspecified atom stereocenters. The molecule has 1 amide bonds. The summed E-state index contributed by atoms with van der Waals surface area (Å²) in [6.45, 7) is -0.659. The minimum absolute atomic E-state index is 0.0200. The van der Waals surface area contributed by atoms with E-state index >= 15 is 0 Å².